The molecule has 18 heavy (non-hydrogen) atoms. The van der Waals surface area contributed by atoms with Gasteiger partial charge in [-0.1, -0.05) is 0 Å². The predicted molar refractivity (Wildman–Crippen MR) is 45.1 cm³/mol. The quantitative estimate of drug-likeness (QED) is 0.773. The van der Waals surface area contributed by atoms with Crippen LogP contribution in [0.4, 0.5) is 26.3 Å². The third-order valence-electron chi connectivity index (χ3n) is 1.95. The molecule has 0 aromatic heterocycles. The van der Waals surface area contributed by atoms with E-state index in [4.69, 9.17) is 10.2 Å². The summed E-state index contributed by atoms with van der Waals surface area (Å²) in [6.45, 7) is 0. The number of rotatable bonds is 1. The van der Waals surface area contributed by atoms with Gasteiger partial charge in [0, 0.05) is 0 Å². The van der Waals surface area contributed by atoms with Gasteiger partial charge in [0.1, 0.15) is 5.75 Å². The van der Waals surface area contributed by atoms with E-state index < -0.39 is 40.8 Å². The van der Waals surface area contributed by atoms with Crippen molar-refractivity contribution in [3.63, 3.8) is 0 Å². The molecular formula is C9H4F6O3. The van der Waals surface area contributed by atoms with Gasteiger partial charge in [-0.05, 0) is 12.1 Å². The number of carboxylic acids is 1. The van der Waals surface area contributed by atoms with Gasteiger partial charge in [-0.15, -0.1) is 0 Å². The van der Waals surface area contributed by atoms with E-state index in [-0.39, 0.29) is 12.1 Å². The monoisotopic (exact) mass is 274 g/mol. The number of hydrogen-bond donors (Lipinski definition) is 2. The van der Waals surface area contributed by atoms with Crippen molar-refractivity contribution >= 4 is 5.97 Å². The van der Waals surface area contributed by atoms with Crippen LogP contribution in [0.3, 0.4) is 0 Å². The molecule has 0 unspecified atom stereocenters. The average molecular weight is 274 g/mol. The highest BCUT2D eigenvalue weighted by Crippen LogP contribution is 2.41. The Labute approximate surface area is 95.3 Å². The summed E-state index contributed by atoms with van der Waals surface area (Å²) in [5.74, 6) is -3.70. The van der Waals surface area contributed by atoms with Crippen LogP contribution in [0.1, 0.15) is 21.5 Å². The van der Waals surface area contributed by atoms with E-state index in [0.717, 1.165) is 0 Å². The molecule has 9 heteroatoms. The largest absolute Gasteiger partial charge is 0.508 e. The van der Waals surface area contributed by atoms with Crippen LogP contribution >= 0.6 is 0 Å². The fourth-order valence-corrected chi connectivity index (χ4v) is 1.30. The van der Waals surface area contributed by atoms with Crippen LogP contribution in [-0.4, -0.2) is 16.2 Å². The predicted octanol–water partition coefficient (Wildman–Crippen LogP) is 3.13. The fraction of sp³-hybridized carbons (Fsp3) is 0.222. The Kier molecular flexibility index (Phi) is 3.20. The van der Waals surface area contributed by atoms with Crippen LogP contribution in [0, 0.1) is 0 Å². The number of carboxylic acid groups (broad SMARTS) is 1. The van der Waals surface area contributed by atoms with Gasteiger partial charge in [0.15, 0.2) is 0 Å². The lowest BCUT2D eigenvalue weighted by atomic mass is 9.99. The highest BCUT2D eigenvalue weighted by molar-refractivity contribution is 5.92. The number of phenols is 1. The Morgan fingerprint density at radius 3 is 1.50 bits per heavy atom. The van der Waals surface area contributed by atoms with Gasteiger partial charge in [0.05, 0.1) is 16.7 Å². The van der Waals surface area contributed by atoms with Crippen LogP contribution < -0.4 is 0 Å². The molecule has 0 atom stereocenters. The summed E-state index contributed by atoms with van der Waals surface area (Å²) in [4.78, 5) is 10.6. The zero-order valence-corrected chi connectivity index (χ0v) is 8.23. The first-order valence-corrected chi connectivity index (χ1v) is 4.19. The Balaban J connectivity index is 3.74. The summed E-state index contributed by atoms with van der Waals surface area (Å²) < 4.78 is 74.5. The van der Waals surface area contributed by atoms with Crippen LogP contribution in [-0.2, 0) is 12.4 Å². The van der Waals surface area contributed by atoms with E-state index in [0.29, 0.717) is 0 Å². The topological polar surface area (TPSA) is 57.5 Å². The molecule has 0 heterocycles. The number of carbonyl (C=O) groups is 1. The second-order valence-electron chi connectivity index (χ2n) is 3.22. The number of halogens is 6. The van der Waals surface area contributed by atoms with E-state index in [9.17, 15) is 31.1 Å². The Morgan fingerprint density at radius 1 is 0.944 bits per heavy atom. The molecule has 0 bridgehead atoms. The number of phenolic OH excluding ortho intramolecular Hbond substituents is 1. The average Bonchev–Trinajstić information content (AvgIpc) is 2.12. The van der Waals surface area contributed by atoms with Crippen molar-refractivity contribution in [3.05, 3.63) is 28.8 Å². The molecule has 3 nitrogen and oxygen atoms in total. The minimum Gasteiger partial charge on any atom is -0.508 e. The normalized spacial score (nSPS) is 12.6. The second-order valence-corrected chi connectivity index (χ2v) is 3.22. The third kappa shape index (κ3) is 2.66. The van der Waals surface area contributed by atoms with Crippen LogP contribution in [0.5, 0.6) is 5.75 Å². The van der Waals surface area contributed by atoms with E-state index in [2.05, 4.69) is 0 Å². The Hall–Kier alpha value is -1.93. The molecule has 0 aliphatic carbocycles. The van der Waals surface area contributed by atoms with Crippen molar-refractivity contribution in [1.29, 1.82) is 0 Å². The number of benzene rings is 1. The van der Waals surface area contributed by atoms with Gasteiger partial charge >= 0.3 is 18.3 Å². The standard InChI is InChI=1S/C9H4F6O3/c10-8(11,12)4-1-3(16)2-5(9(13,14)15)6(4)7(17)18/h1-2,16H,(H,17,18). The maximum absolute atomic E-state index is 12.4. The minimum absolute atomic E-state index is 0.0707. The number of hydrogen-bond acceptors (Lipinski definition) is 2. The van der Waals surface area contributed by atoms with E-state index >= 15 is 0 Å². The molecule has 1 rings (SSSR count). The molecule has 0 aliphatic heterocycles. The van der Waals surface area contributed by atoms with E-state index in [1.165, 1.54) is 0 Å². The highest BCUT2D eigenvalue weighted by atomic mass is 19.4. The summed E-state index contributed by atoms with van der Waals surface area (Å²) >= 11 is 0. The lowest BCUT2D eigenvalue weighted by Gasteiger charge is -2.16. The Bertz CT molecular complexity index is 453. The van der Waals surface area contributed by atoms with Crippen LogP contribution in [0.2, 0.25) is 0 Å². The van der Waals surface area contributed by atoms with Gasteiger partial charge in [0.2, 0.25) is 0 Å². The number of aromatic carboxylic acids is 1. The van der Waals surface area contributed by atoms with Crippen molar-refractivity contribution in [2.75, 3.05) is 0 Å². The van der Waals surface area contributed by atoms with Crippen molar-refractivity contribution in [2.24, 2.45) is 0 Å². The molecule has 0 radical (unpaired) electrons. The first-order valence-electron chi connectivity index (χ1n) is 4.19. The molecule has 0 spiro atoms. The summed E-state index contributed by atoms with van der Waals surface area (Å²) in [7, 11) is 0. The van der Waals surface area contributed by atoms with Gasteiger partial charge in [-0.2, -0.15) is 26.3 Å². The van der Waals surface area contributed by atoms with E-state index in [1.54, 1.807) is 0 Å². The summed E-state index contributed by atoms with van der Waals surface area (Å²) in [6.07, 6.45) is -10.7. The molecular weight excluding hydrogens is 270 g/mol. The minimum atomic E-state index is -5.33. The molecule has 0 saturated heterocycles. The summed E-state index contributed by atoms with van der Waals surface area (Å²) in [6, 6.07) is -0.141. The van der Waals surface area contributed by atoms with Crippen molar-refractivity contribution in [1.82, 2.24) is 0 Å². The zero-order valence-electron chi connectivity index (χ0n) is 8.23. The van der Waals surface area contributed by atoms with Gasteiger partial charge in [0.25, 0.3) is 0 Å². The highest BCUT2D eigenvalue weighted by Gasteiger charge is 2.43. The summed E-state index contributed by atoms with van der Waals surface area (Å²) in [5.41, 5.74) is -6.04. The first kappa shape index (κ1) is 14.1. The number of aromatic hydroxyl groups is 1. The number of alkyl halides is 6. The second kappa shape index (κ2) is 4.07. The molecule has 0 amide bonds. The fourth-order valence-electron chi connectivity index (χ4n) is 1.30. The lowest BCUT2D eigenvalue weighted by Crippen LogP contribution is -2.19. The van der Waals surface area contributed by atoms with E-state index in [1.807, 2.05) is 0 Å². The van der Waals surface area contributed by atoms with Gasteiger partial charge in [-0.25, -0.2) is 4.79 Å². The molecule has 100 valence electrons. The molecule has 2 N–H and O–H groups in total. The molecule has 0 aliphatic rings. The molecule has 0 fully saturated rings. The molecule has 0 saturated carbocycles. The maximum Gasteiger partial charge on any atom is 0.417 e. The summed E-state index contributed by atoms with van der Waals surface area (Å²) in [5, 5.41) is 17.3. The van der Waals surface area contributed by atoms with Crippen LogP contribution in [0.15, 0.2) is 12.1 Å². The smallest absolute Gasteiger partial charge is 0.417 e. The van der Waals surface area contributed by atoms with Crippen molar-refractivity contribution < 1.29 is 41.4 Å². The van der Waals surface area contributed by atoms with Gasteiger partial charge in [-0.3, -0.25) is 0 Å². The van der Waals surface area contributed by atoms with Gasteiger partial charge < -0.3 is 10.2 Å². The molecule has 1 aromatic carbocycles. The Morgan fingerprint density at radius 2 is 1.28 bits per heavy atom. The third-order valence-corrected chi connectivity index (χ3v) is 1.95. The molecule has 1 aromatic rings. The zero-order chi connectivity index (χ0) is 14.3. The SMILES string of the molecule is O=C(O)c1c(C(F)(F)F)cc(O)cc1C(F)(F)F. The van der Waals surface area contributed by atoms with Crippen LogP contribution in [0.25, 0.3) is 0 Å². The maximum atomic E-state index is 12.4. The first-order chi connectivity index (χ1) is 7.94. The van der Waals surface area contributed by atoms with Crippen molar-refractivity contribution in [2.45, 2.75) is 12.4 Å². The van der Waals surface area contributed by atoms with Crippen molar-refractivity contribution in [3.8, 4) is 5.75 Å². The lowest BCUT2D eigenvalue weighted by molar-refractivity contribution is -0.144.